The summed E-state index contributed by atoms with van der Waals surface area (Å²) in [6.07, 6.45) is 0.700. The fraction of sp³-hybridized carbons (Fsp3) is 0.458. The van der Waals surface area contributed by atoms with Gasteiger partial charge in [-0.15, -0.1) is 0 Å². The normalized spacial score (nSPS) is 10.9. The first-order valence-electron chi connectivity index (χ1n) is 11.2. The highest BCUT2D eigenvalue weighted by Crippen LogP contribution is 2.25. The smallest absolute Gasteiger partial charge is 0.410 e. The molecule has 0 spiro atoms. The van der Waals surface area contributed by atoms with Gasteiger partial charge >= 0.3 is 6.09 Å². The van der Waals surface area contributed by atoms with Crippen LogP contribution in [0.4, 0.5) is 9.93 Å². The number of aromatic nitrogens is 1. The number of anilines is 1. The molecule has 190 valence electrons. The Bertz CT molecular complexity index is 1060. The lowest BCUT2D eigenvalue weighted by molar-refractivity contribution is -0.128. The molecule has 4 amide bonds. The molecule has 0 unspecified atom stereocenters. The highest BCUT2D eigenvalue weighted by Gasteiger charge is 2.19. The quantitative estimate of drug-likeness (QED) is 0.482. The number of carbonyl (C=O) groups is 4. The molecule has 1 aromatic heterocycles. The third-order valence-corrected chi connectivity index (χ3v) is 5.58. The average Bonchev–Trinajstić information content (AvgIpc) is 3.13. The predicted octanol–water partition coefficient (Wildman–Crippen LogP) is 2.98. The number of carbonyl (C=O) groups excluding carboxylic acids is 4. The average molecular weight is 504 g/mol. The second-order valence-electron chi connectivity index (χ2n) is 9.18. The van der Waals surface area contributed by atoms with Crippen molar-refractivity contribution in [3.05, 3.63) is 40.4 Å². The first kappa shape index (κ1) is 27.8. The molecule has 3 N–H and O–H groups in total. The van der Waals surface area contributed by atoms with Crippen molar-refractivity contribution < 1.29 is 23.9 Å². The SMILES string of the molecule is CC(=O)Nc1nc(CCc2ccc(OC(=O)NC(C)(C)C)cc2)c(C(=O)NCCC(=O)N(C)C)s1. The molecule has 1 aromatic carbocycles. The van der Waals surface area contributed by atoms with Crippen molar-refractivity contribution in [1.82, 2.24) is 20.5 Å². The Morgan fingerprint density at radius 3 is 2.29 bits per heavy atom. The summed E-state index contributed by atoms with van der Waals surface area (Å²) in [6, 6.07) is 7.09. The van der Waals surface area contributed by atoms with Crippen molar-refractivity contribution in [1.29, 1.82) is 0 Å². The van der Waals surface area contributed by atoms with Crippen molar-refractivity contribution >= 4 is 40.3 Å². The van der Waals surface area contributed by atoms with Crippen LogP contribution in [-0.4, -0.2) is 59.9 Å². The van der Waals surface area contributed by atoms with E-state index >= 15 is 0 Å². The Balaban J connectivity index is 2.03. The van der Waals surface area contributed by atoms with Crippen LogP contribution in [0.1, 0.15) is 55.0 Å². The van der Waals surface area contributed by atoms with E-state index in [2.05, 4.69) is 20.9 Å². The number of hydrogen-bond donors (Lipinski definition) is 3. The van der Waals surface area contributed by atoms with E-state index in [0.29, 0.717) is 34.3 Å². The van der Waals surface area contributed by atoms with Gasteiger partial charge in [0, 0.05) is 39.5 Å². The lowest BCUT2D eigenvalue weighted by Crippen LogP contribution is -2.42. The summed E-state index contributed by atoms with van der Waals surface area (Å²) in [7, 11) is 3.31. The molecule has 0 radical (unpaired) electrons. The molecule has 2 aromatic rings. The summed E-state index contributed by atoms with van der Waals surface area (Å²) in [5.41, 5.74) is 1.12. The number of nitrogens with zero attached hydrogens (tertiary/aromatic N) is 2. The molecule has 11 heteroatoms. The van der Waals surface area contributed by atoms with Gasteiger partial charge < -0.3 is 25.6 Å². The summed E-state index contributed by atoms with van der Waals surface area (Å²) in [5, 5.41) is 8.44. The molecule has 0 fully saturated rings. The summed E-state index contributed by atoms with van der Waals surface area (Å²) >= 11 is 1.09. The fourth-order valence-corrected chi connectivity index (χ4v) is 3.89. The van der Waals surface area contributed by atoms with Crippen molar-refractivity contribution in [2.75, 3.05) is 26.0 Å². The minimum atomic E-state index is -0.527. The number of benzene rings is 1. The van der Waals surface area contributed by atoms with Gasteiger partial charge in [-0.25, -0.2) is 9.78 Å². The molecule has 0 saturated heterocycles. The Hall–Kier alpha value is -3.47. The largest absolute Gasteiger partial charge is 0.413 e. The van der Waals surface area contributed by atoms with E-state index in [1.54, 1.807) is 26.2 Å². The highest BCUT2D eigenvalue weighted by atomic mass is 32.1. The maximum Gasteiger partial charge on any atom is 0.413 e. The Morgan fingerprint density at radius 1 is 1.06 bits per heavy atom. The van der Waals surface area contributed by atoms with Crippen LogP contribution in [0, 0.1) is 0 Å². The molecular formula is C24H33N5O5S. The number of amides is 4. The molecule has 0 aliphatic rings. The number of ether oxygens (including phenoxy) is 1. The molecule has 0 bridgehead atoms. The lowest BCUT2D eigenvalue weighted by atomic mass is 10.1. The van der Waals surface area contributed by atoms with Gasteiger partial charge in [-0.2, -0.15) is 0 Å². The minimum absolute atomic E-state index is 0.0860. The molecular weight excluding hydrogens is 470 g/mol. The second kappa shape index (κ2) is 12.3. The number of nitrogens with one attached hydrogen (secondary N) is 3. The van der Waals surface area contributed by atoms with E-state index in [1.807, 2.05) is 32.9 Å². The van der Waals surface area contributed by atoms with E-state index in [9.17, 15) is 19.2 Å². The fourth-order valence-electron chi connectivity index (χ4n) is 2.92. The van der Waals surface area contributed by atoms with Gasteiger partial charge in [-0.1, -0.05) is 23.5 Å². The topological polar surface area (TPSA) is 130 Å². The van der Waals surface area contributed by atoms with Crippen LogP contribution in [0.3, 0.4) is 0 Å². The summed E-state index contributed by atoms with van der Waals surface area (Å²) < 4.78 is 5.29. The van der Waals surface area contributed by atoms with Crippen LogP contribution in [0.5, 0.6) is 5.75 Å². The predicted molar refractivity (Wildman–Crippen MR) is 135 cm³/mol. The van der Waals surface area contributed by atoms with Gasteiger partial charge in [0.05, 0.1) is 5.69 Å². The van der Waals surface area contributed by atoms with Gasteiger partial charge in [-0.3, -0.25) is 14.4 Å². The standard InChI is InChI=1S/C24H33N5O5S/c1-15(30)26-22-27-18(20(35-22)21(32)25-14-13-19(31)29(5)6)12-9-16-7-10-17(11-8-16)34-23(33)28-24(2,3)4/h7-8,10-11H,9,12-14H2,1-6H3,(H,25,32)(H,28,33)(H,26,27,30). The molecule has 10 nitrogen and oxygen atoms in total. The number of aryl methyl sites for hydroxylation is 2. The molecule has 2 rings (SSSR count). The van der Waals surface area contributed by atoms with Gasteiger partial charge in [0.15, 0.2) is 5.13 Å². The maximum absolute atomic E-state index is 12.7. The molecule has 1 heterocycles. The van der Waals surface area contributed by atoms with Gasteiger partial charge in [0.25, 0.3) is 5.91 Å². The zero-order chi connectivity index (χ0) is 26.2. The Kier molecular flexibility index (Phi) is 9.76. The Morgan fingerprint density at radius 2 is 1.71 bits per heavy atom. The van der Waals surface area contributed by atoms with Gasteiger partial charge in [0.1, 0.15) is 10.6 Å². The lowest BCUT2D eigenvalue weighted by Gasteiger charge is -2.19. The Labute approximate surface area is 209 Å². The number of thiazole rings is 1. The van der Waals surface area contributed by atoms with Crippen molar-refractivity contribution in [3.8, 4) is 5.75 Å². The minimum Gasteiger partial charge on any atom is -0.410 e. The van der Waals surface area contributed by atoms with Crippen LogP contribution < -0.4 is 20.7 Å². The second-order valence-corrected chi connectivity index (χ2v) is 10.2. The van der Waals surface area contributed by atoms with Crippen molar-refractivity contribution in [2.24, 2.45) is 0 Å². The van der Waals surface area contributed by atoms with Gasteiger partial charge in [0.2, 0.25) is 11.8 Å². The molecule has 0 aliphatic carbocycles. The first-order chi connectivity index (χ1) is 16.3. The monoisotopic (exact) mass is 503 g/mol. The summed E-state index contributed by atoms with van der Waals surface area (Å²) in [6.45, 7) is 7.17. The third-order valence-electron chi connectivity index (χ3n) is 4.57. The third kappa shape index (κ3) is 9.73. The highest BCUT2D eigenvalue weighted by molar-refractivity contribution is 7.17. The van der Waals surface area contributed by atoms with Crippen LogP contribution in [0.15, 0.2) is 24.3 Å². The summed E-state index contributed by atoms with van der Waals surface area (Å²) in [5.74, 6) is -0.282. The van der Waals surface area contributed by atoms with Crippen molar-refractivity contribution in [2.45, 2.75) is 52.5 Å². The number of hydrogen-bond acceptors (Lipinski definition) is 7. The van der Waals surface area contributed by atoms with Crippen LogP contribution >= 0.6 is 11.3 Å². The van der Waals surface area contributed by atoms with Gasteiger partial charge in [-0.05, 0) is 51.3 Å². The molecule has 0 atom stereocenters. The first-order valence-corrected chi connectivity index (χ1v) is 12.0. The van der Waals surface area contributed by atoms with E-state index < -0.39 is 11.6 Å². The zero-order valence-electron chi connectivity index (χ0n) is 21.0. The summed E-state index contributed by atoms with van der Waals surface area (Å²) in [4.78, 5) is 54.1. The van der Waals surface area contributed by atoms with Crippen LogP contribution in [0.25, 0.3) is 0 Å². The molecule has 0 aliphatic heterocycles. The zero-order valence-corrected chi connectivity index (χ0v) is 21.8. The van der Waals surface area contributed by atoms with Crippen LogP contribution in [0.2, 0.25) is 0 Å². The van der Waals surface area contributed by atoms with Crippen LogP contribution in [-0.2, 0) is 22.4 Å². The van der Waals surface area contributed by atoms with E-state index in [4.69, 9.17) is 4.74 Å². The van der Waals surface area contributed by atoms with E-state index in [0.717, 1.165) is 16.9 Å². The molecule has 35 heavy (non-hydrogen) atoms. The molecule has 0 saturated carbocycles. The number of rotatable bonds is 9. The van der Waals surface area contributed by atoms with E-state index in [-0.39, 0.29) is 30.7 Å². The van der Waals surface area contributed by atoms with E-state index in [1.165, 1.54) is 11.8 Å². The van der Waals surface area contributed by atoms with Crippen molar-refractivity contribution in [3.63, 3.8) is 0 Å². The maximum atomic E-state index is 12.7.